The molecule has 0 aliphatic rings. The molecule has 0 saturated heterocycles. The van der Waals surface area contributed by atoms with Crippen molar-refractivity contribution in [2.24, 2.45) is 0 Å². The fourth-order valence-electron chi connectivity index (χ4n) is 2.86. The SMILES string of the molecule is CCOC(=O)c1[nH]c2cc(Cl)cc(Cl)c2c1C=C(C(=O)O)c1ccc(N)cc1. The molecule has 0 bridgehead atoms. The number of nitrogens with two attached hydrogens (primary N) is 1. The molecular weight excluding hydrogens is 403 g/mol. The van der Waals surface area contributed by atoms with E-state index in [2.05, 4.69) is 4.98 Å². The lowest BCUT2D eigenvalue weighted by molar-refractivity contribution is -0.130. The van der Waals surface area contributed by atoms with Crippen LogP contribution in [0, 0.1) is 0 Å². The van der Waals surface area contributed by atoms with Crippen molar-refractivity contribution in [2.45, 2.75) is 6.92 Å². The molecule has 0 spiro atoms. The molecule has 0 radical (unpaired) electrons. The highest BCUT2D eigenvalue weighted by molar-refractivity contribution is 6.39. The molecule has 0 amide bonds. The Morgan fingerprint density at radius 2 is 1.89 bits per heavy atom. The van der Waals surface area contributed by atoms with E-state index >= 15 is 0 Å². The van der Waals surface area contributed by atoms with Crippen molar-refractivity contribution in [1.29, 1.82) is 0 Å². The number of nitrogens with one attached hydrogen (secondary N) is 1. The maximum atomic E-state index is 12.4. The molecule has 0 fully saturated rings. The highest BCUT2D eigenvalue weighted by Gasteiger charge is 2.22. The highest BCUT2D eigenvalue weighted by atomic mass is 35.5. The van der Waals surface area contributed by atoms with Crippen molar-refractivity contribution in [3.8, 4) is 0 Å². The average Bonchev–Trinajstić information content (AvgIpc) is 2.99. The van der Waals surface area contributed by atoms with E-state index in [-0.39, 0.29) is 22.9 Å². The predicted molar refractivity (Wildman–Crippen MR) is 111 cm³/mol. The number of carboxylic acid groups (broad SMARTS) is 1. The first-order chi connectivity index (χ1) is 13.3. The number of halogens is 2. The zero-order valence-electron chi connectivity index (χ0n) is 14.8. The monoisotopic (exact) mass is 418 g/mol. The standard InChI is InChI=1S/C20H16Cl2N2O4/c1-2-28-20(27)18-14(17-15(22)7-11(21)8-16(17)24-18)9-13(19(25)26)10-3-5-12(23)6-4-10/h3-9,24H,2,23H2,1H3,(H,25,26). The van der Waals surface area contributed by atoms with Crippen LogP contribution >= 0.6 is 23.2 Å². The number of carboxylic acids is 1. The van der Waals surface area contributed by atoms with Gasteiger partial charge in [-0.05, 0) is 42.8 Å². The van der Waals surface area contributed by atoms with E-state index in [0.717, 1.165) is 0 Å². The second kappa shape index (κ2) is 7.96. The summed E-state index contributed by atoms with van der Waals surface area (Å²) in [6, 6.07) is 9.50. The number of aliphatic carboxylic acids is 1. The molecule has 28 heavy (non-hydrogen) atoms. The number of carbonyl (C=O) groups is 2. The molecule has 3 aromatic rings. The number of aromatic nitrogens is 1. The molecule has 1 heterocycles. The highest BCUT2D eigenvalue weighted by Crippen LogP contribution is 2.35. The molecule has 0 unspecified atom stereocenters. The number of H-pyrrole nitrogens is 1. The molecule has 2 aromatic carbocycles. The quantitative estimate of drug-likeness (QED) is 0.311. The number of hydrogen-bond acceptors (Lipinski definition) is 4. The number of rotatable bonds is 5. The number of aromatic amines is 1. The molecule has 4 N–H and O–H groups in total. The van der Waals surface area contributed by atoms with Crippen LogP contribution in [0.5, 0.6) is 0 Å². The Balaban J connectivity index is 2.30. The number of hydrogen-bond donors (Lipinski definition) is 3. The van der Waals surface area contributed by atoms with Gasteiger partial charge in [0.15, 0.2) is 0 Å². The van der Waals surface area contributed by atoms with E-state index < -0.39 is 11.9 Å². The summed E-state index contributed by atoms with van der Waals surface area (Å²) in [5, 5.41) is 10.9. The van der Waals surface area contributed by atoms with Gasteiger partial charge in [0.05, 0.1) is 17.2 Å². The first-order valence-electron chi connectivity index (χ1n) is 8.30. The van der Waals surface area contributed by atoms with E-state index in [0.29, 0.717) is 32.7 Å². The Bertz CT molecular complexity index is 1100. The maximum absolute atomic E-state index is 12.4. The topological polar surface area (TPSA) is 105 Å². The van der Waals surface area contributed by atoms with Crippen molar-refractivity contribution in [3.63, 3.8) is 0 Å². The van der Waals surface area contributed by atoms with Gasteiger partial charge in [0.25, 0.3) is 0 Å². The summed E-state index contributed by atoms with van der Waals surface area (Å²) < 4.78 is 5.09. The van der Waals surface area contributed by atoms with Gasteiger partial charge in [0.1, 0.15) is 5.69 Å². The Kier molecular flexibility index (Phi) is 5.63. The summed E-state index contributed by atoms with van der Waals surface area (Å²) in [5.41, 5.74) is 7.48. The second-order valence-electron chi connectivity index (χ2n) is 5.93. The zero-order chi connectivity index (χ0) is 20.4. The van der Waals surface area contributed by atoms with Gasteiger partial charge in [-0.1, -0.05) is 35.3 Å². The summed E-state index contributed by atoms with van der Waals surface area (Å²) in [4.78, 5) is 27.3. The smallest absolute Gasteiger partial charge is 0.355 e. The number of carbonyl (C=O) groups excluding carboxylic acids is 1. The minimum Gasteiger partial charge on any atom is -0.478 e. The lowest BCUT2D eigenvalue weighted by atomic mass is 10.0. The van der Waals surface area contributed by atoms with Crippen LogP contribution in [-0.4, -0.2) is 28.6 Å². The molecule has 8 heteroatoms. The van der Waals surface area contributed by atoms with Gasteiger partial charge in [-0.3, -0.25) is 0 Å². The summed E-state index contributed by atoms with van der Waals surface area (Å²) in [6.07, 6.45) is 1.39. The van der Waals surface area contributed by atoms with Crippen LogP contribution in [0.25, 0.3) is 22.6 Å². The Labute approximate surface area is 170 Å². The fraction of sp³-hybridized carbons (Fsp3) is 0.100. The van der Waals surface area contributed by atoms with Crippen molar-refractivity contribution in [3.05, 3.63) is 63.3 Å². The summed E-state index contributed by atoms with van der Waals surface area (Å²) >= 11 is 12.4. The molecule has 0 aliphatic carbocycles. The first-order valence-corrected chi connectivity index (χ1v) is 9.06. The van der Waals surface area contributed by atoms with Crippen LogP contribution < -0.4 is 5.73 Å². The average molecular weight is 419 g/mol. The first kappa shape index (κ1) is 19.8. The van der Waals surface area contributed by atoms with Crippen LogP contribution in [0.1, 0.15) is 28.5 Å². The van der Waals surface area contributed by atoms with Gasteiger partial charge in [-0.15, -0.1) is 0 Å². The maximum Gasteiger partial charge on any atom is 0.355 e. The molecular formula is C20H16Cl2N2O4. The second-order valence-corrected chi connectivity index (χ2v) is 6.77. The number of esters is 1. The lowest BCUT2D eigenvalue weighted by Gasteiger charge is -2.06. The lowest BCUT2D eigenvalue weighted by Crippen LogP contribution is -2.07. The van der Waals surface area contributed by atoms with E-state index in [9.17, 15) is 14.7 Å². The summed E-state index contributed by atoms with van der Waals surface area (Å²) in [7, 11) is 0. The molecule has 0 saturated carbocycles. The van der Waals surface area contributed by atoms with Gasteiger partial charge >= 0.3 is 11.9 Å². The fourth-order valence-corrected chi connectivity index (χ4v) is 3.45. The Morgan fingerprint density at radius 3 is 2.50 bits per heavy atom. The van der Waals surface area contributed by atoms with Crippen LogP contribution in [0.4, 0.5) is 5.69 Å². The predicted octanol–water partition coefficient (Wildman–Crippen LogP) is 4.86. The van der Waals surface area contributed by atoms with Crippen molar-refractivity contribution >= 4 is 63.4 Å². The van der Waals surface area contributed by atoms with E-state index in [4.69, 9.17) is 33.7 Å². The van der Waals surface area contributed by atoms with Crippen molar-refractivity contribution in [1.82, 2.24) is 4.98 Å². The minimum absolute atomic E-state index is 0.0301. The van der Waals surface area contributed by atoms with Crippen LogP contribution in [0.15, 0.2) is 36.4 Å². The van der Waals surface area contributed by atoms with Gasteiger partial charge < -0.3 is 20.6 Å². The van der Waals surface area contributed by atoms with Crippen molar-refractivity contribution in [2.75, 3.05) is 12.3 Å². The third-order valence-corrected chi connectivity index (χ3v) is 4.59. The van der Waals surface area contributed by atoms with Crippen molar-refractivity contribution < 1.29 is 19.4 Å². The number of benzene rings is 2. The summed E-state index contributed by atoms with van der Waals surface area (Å²) in [5.74, 6) is -1.79. The minimum atomic E-state index is -1.17. The third-order valence-electron chi connectivity index (χ3n) is 4.07. The van der Waals surface area contributed by atoms with Gasteiger partial charge in [-0.25, -0.2) is 9.59 Å². The molecule has 0 atom stereocenters. The largest absolute Gasteiger partial charge is 0.478 e. The zero-order valence-corrected chi connectivity index (χ0v) is 16.3. The Morgan fingerprint density at radius 1 is 1.21 bits per heavy atom. The number of nitrogen functional groups attached to an aromatic ring is 1. The third kappa shape index (κ3) is 3.83. The van der Waals surface area contributed by atoms with E-state index in [1.165, 1.54) is 12.1 Å². The normalized spacial score (nSPS) is 11.6. The van der Waals surface area contributed by atoms with Gasteiger partial charge in [0, 0.05) is 27.2 Å². The number of ether oxygens (including phenoxy) is 1. The molecule has 0 aliphatic heterocycles. The molecule has 144 valence electrons. The molecule has 3 rings (SSSR count). The van der Waals surface area contributed by atoms with Crippen LogP contribution in [-0.2, 0) is 9.53 Å². The molecule has 1 aromatic heterocycles. The van der Waals surface area contributed by atoms with Crippen LogP contribution in [0.2, 0.25) is 10.0 Å². The van der Waals surface area contributed by atoms with Gasteiger partial charge in [0.2, 0.25) is 0 Å². The summed E-state index contributed by atoms with van der Waals surface area (Å²) in [6.45, 7) is 1.84. The van der Waals surface area contributed by atoms with E-state index in [1.807, 2.05) is 0 Å². The molecule has 6 nitrogen and oxygen atoms in total. The Hall–Kier alpha value is -2.96. The number of anilines is 1. The number of fused-ring (bicyclic) bond motifs is 1. The van der Waals surface area contributed by atoms with Crippen LogP contribution in [0.3, 0.4) is 0 Å². The van der Waals surface area contributed by atoms with E-state index in [1.54, 1.807) is 37.3 Å². The van der Waals surface area contributed by atoms with Gasteiger partial charge in [-0.2, -0.15) is 0 Å².